The number of nitrogens with zero attached hydrogens (tertiary/aromatic N) is 4. The predicted octanol–water partition coefficient (Wildman–Crippen LogP) is 0.0211. The van der Waals surface area contributed by atoms with Gasteiger partial charge in [-0.3, -0.25) is 4.79 Å². The van der Waals surface area contributed by atoms with Gasteiger partial charge in [0, 0.05) is 18.6 Å². The normalized spacial score (nSPS) is 23.2. The summed E-state index contributed by atoms with van der Waals surface area (Å²) >= 11 is 0. The van der Waals surface area contributed by atoms with Gasteiger partial charge < -0.3 is 10.2 Å². The Bertz CT molecular complexity index is 395. The zero-order valence-corrected chi connectivity index (χ0v) is 10.5. The Hall–Kier alpha value is -1.43. The minimum absolute atomic E-state index is 0.164. The van der Waals surface area contributed by atoms with E-state index < -0.39 is 0 Å². The quantitative estimate of drug-likeness (QED) is 0.799. The van der Waals surface area contributed by atoms with Crippen molar-refractivity contribution in [3.8, 4) is 0 Å². The fraction of sp³-hybridized carbons (Fsp3) is 0.750. The van der Waals surface area contributed by atoms with Crippen molar-refractivity contribution in [3.05, 3.63) is 12.7 Å². The highest BCUT2D eigenvalue weighted by molar-refractivity contribution is 5.76. The fourth-order valence-electron chi connectivity index (χ4n) is 2.53. The molecule has 18 heavy (non-hydrogen) atoms. The second kappa shape index (κ2) is 5.06. The van der Waals surface area contributed by atoms with Gasteiger partial charge in [0.15, 0.2) is 0 Å². The van der Waals surface area contributed by atoms with E-state index in [-0.39, 0.29) is 5.91 Å². The summed E-state index contributed by atoms with van der Waals surface area (Å²) < 4.78 is 1.60. The van der Waals surface area contributed by atoms with E-state index in [1.807, 2.05) is 4.90 Å². The standard InChI is InChI=1S/C12H19N5O/c18-12(7-16-9-13-8-15-16)17(11-3-4-11)6-10-2-1-5-14-10/h8-11,14H,1-7H2. The van der Waals surface area contributed by atoms with Gasteiger partial charge in [0.05, 0.1) is 0 Å². The number of carbonyl (C=O) groups is 1. The highest BCUT2D eigenvalue weighted by atomic mass is 16.2. The van der Waals surface area contributed by atoms with Crippen molar-refractivity contribution in [1.82, 2.24) is 25.0 Å². The van der Waals surface area contributed by atoms with Crippen LogP contribution in [0.3, 0.4) is 0 Å². The summed E-state index contributed by atoms with van der Waals surface area (Å²) in [5.41, 5.74) is 0. The molecular formula is C12H19N5O. The summed E-state index contributed by atoms with van der Waals surface area (Å²) in [5.74, 6) is 0.164. The molecule has 2 fully saturated rings. The highest BCUT2D eigenvalue weighted by Crippen LogP contribution is 2.28. The first kappa shape index (κ1) is 11.6. The first-order valence-electron chi connectivity index (χ1n) is 6.68. The number of rotatable bonds is 5. The third-order valence-electron chi connectivity index (χ3n) is 3.65. The molecule has 2 heterocycles. The Labute approximate surface area is 106 Å². The van der Waals surface area contributed by atoms with Crippen molar-refractivity contribution < 1.29 is 4.79 Å². The molecule has 3 rings (SSSR count). The van der Waals surface area contributed by atoms with E-state index in [1.54, 1.807) is 11.0 Å². The summed E-state index contributed by atoms with van der Waals surface area (Å²) in [7, 11) is 0. The maximum Gasteiger partial charge on any atom is 0.244 e. The Kier molecular flexibility index (Phi) is 3.27. The first-order chi connectivity index (χ1) is 8.83. The second-order valence-electron chi connectivity index (χ2n) is 5.16. The highest BCUT2D eigenvalue weighted by Gasteiger charge is 2.34. The molecule has 0 spiro atoms. The van der Waals surface area contributed by atoms with E-state index in [1.165, 1.54) is 19.2 Å². The molecule has 0 bridgehead atoms. The van der Waals surface area contributed by atoms with E-state index in [0.717, 1.165) is 25.9 Å². The van der Waals surface area contributed by atoms with Gasteiger partial charge in [-0.25, -0.2) is 9.67 Å². The van der Waals surface area contributed by atoms with Crippen LogP contribution in [0.4, 0.5) is 0 Å². The third-order valence-corrected chi connectivity index (χ3v) is 3.65. The molecule has 1 atom stereocenters. The van der Waals surface area contributed by atoms with Crippen molar-refractivity contribution in [1.29, 1.82) is 0 Å². The summed E-state index contributed by atoms with van der Waals surface area (Å²) in [6, 6.07) is 0.939. The third kappa shape index (κ3) is 2.69. The summed E-state index contributed by atoms with van der Waals surface area (Å²) in [6.07, 6.45) is 7.76. The Balaban J connectivity index is 1.59. The van der Waals surface area contributed by atoms with Crippen LogP contribution in [0.25, 0.3) is 0 Å². The molecule has 1 amide bonds. The molecule has 0 aromatic carbocycles. The van der Waals surface area contributed by atoms with Crippen molar-refractivity contribution >= 4 is 5.91 Å². The molecule has 0 radical (unpaired) electrons. The topological polar surface area (TPSA) is 63.1 Å². The molecule has 1 aliphatic heterocycles. The summed E-state index contributed by atoms with van der Waals surface area (Å²) in [4.78, 5) is 18.2. The first-order valence-corrected chi connectivity index (χ1v) is 6.68. The van der Waals surface area contributed by atoms with Gasteiger partial charge in [0.2, 0.25) is 5.91 Å². The van der Waals surface area contributed by atoms with Gasteiger partial charge >= 0.3 is 0 Å². The maximum atomic E-state index is 12.3. The Morgan fingerprint density at radius 1 is 1.44 bits per heavy atom. The number of hydrogen-bond donors (Lipinski definition) is 1. The van der Waals surface area contributed by atoms with Gasteiger partial charge in [-0.05, 0) is 32.2 Å². The monoisotopic (exact) mass is 249 g/mol. The maximum absolute atomic E-state index is 12.3. The lowest BCUT2D eigenvalue weighted by atomic mass is 10.2. The van der Waals surface area contributed by atoms with E-state index >= 15 is 0 Å². The van der Waals surface area contributed by atoms with E-state index in [4.69, 9.17) is 0 Å². The average molecular weight is 249 g/mol. The van der Waals surface area contributed by atoms with E-state index in [9.17, 15) is 4.79 Å². The molecule has 1 saturated heterocycles. The van der Waals surface area contributed by atoms with Gasteiger partial charge in [-0.1, -0.05) is 0 Å². The van der Waals surface area contributed by atoms with E-state index in [2.05, 4.69) is 15.4 Å². The van der Waals surface area contributed by atoms with Crippen LogP contribution >= 0.6 is 0 Å². The lowest BCUT2D eigenvalue weighted by Gasteiger charge is -2.25. The Morgan fingerprint density at radius 3 is 2.94 bits per heavy atom. The van der Waals surface area contributed by atoms with Gasteiger partial charge in [-0.15, -0.1) is 0 Å². The van der Waals surface area contributed by atoms with Gasteiger partial charge in [0.1, 0.15) is 19.2 Å². The van der Waals surface area contributed by atoms with Crippen LogP contribution in [0.15, 0.2) is 12.7 Å². The number of amides is 1. The van der Waals surface area contributed by atoms with Crippen LogP contribution in [0.2, 0.25) is 0 Å². The van der Waals surface area contributed by atoms with Crippen molar-refractivity contribution in [3.63, 3.8) is 0 Å². The zero-order valence-electron chi connectivity index (χ0n) is 10.5. The second-order valence-corrected chi connectivity index (χ2v) is 5.16. The molecule has 1 aromatic rings. The lowest BCUT2D eigenvalue weighted by Crippen LogP contribution is -2.43. The van der Waals surface area contributed by atoms with Crippen molar-refractivity contribution in [2.24, 2.45) is 0 Å². The lowest BCUT2D eigenvalue weighted by molar-refractivity contribution is -0.133. The van der Waals surface area contributed by atoms with E-state index in [0.29, 0.717) is 18.6 Å². The van der Waals surface area contributed by atoms with Crippen LogP contribution in [0.1, 0.15) is 25.7 Å². The van der Waals surface area contributed by atoms with Crippen LogP contribution in [-0.4, -0.2) is 50.7 Å². The number of carbonyl (C=O) groups excluding carboxylic acids is 1. The minimum atomic E-state index is 0.164. The van der Waals surface area contributed by atoms with Gasteiger partial charge in [0.25, 0.3) is 0 Å². The van der Waals surface area contributed by atoms with Crippen molar-refractivity contribution in [2.75, 3.05) is 13.1 Å². The smallest absolute Gasteiger partial charge is 0.244 e. The Morgan fingerprint density at radius 2 is 2.33 bits per heavy atom. The number of hydrogen-bond acceptors (Lipinski definition) is 4. The SMILES string of the molecule is O=C(Cn1cncn1)N(CC1CCCN1)C1CC1. The zero-order chi connectivity index (χ0) is 12.4. The molecule has 98 valence electrons. The largest absolute Gasteiger partial charge is 0.337 e. The molecule has 1 aromatic heterocycles. The summed E-state index contributed by atoms with van der Waals surface area (Å²) in [6.45, 7) is 2.24. The molecular weight excluding hydrogens is 230 g/mol. The average Bonchev–Trinajstić information content (AvgIpc) is 2.87. The predicted molar refractivity (Wildman–Crippen MR) is 65.8 cm³/mol. The van der Waals surface area contributed by atoms with Gasteiger partial charge in [-0.2, -0.15) is 5.10 Å². The summed E-state index contributed by atoms with van der Waals surface area (Å²) in [5, 5.41) is 7.45. The minimum Gasteiger partial charge on any atom is -0.337 e. The molecule has 1 unspecified atom stereocenters. The molecule has 1 aliphatic carbocycles. The molecule has 6 heteroatoms. The molecule has 6 nitrogen and oxygen atoms in total. The van der Waals surface area contributed by atoms with Crippen LogP contribution < -0.4 is 5.32 Å². The van der Waals surface area contributed by atoms with Crippen molar-refractivity contribution in [2.45, 2.75) is 44.3 Å². The molecule has 2 aliphatic rings. The van der Waals surface area contributed by atoms with Crippen LogP contribution in [0, 0.1) is 0 Å². The number of nitrogens with one attached hydrogen (secondary N) is 1. The molecule has 1 saturated carbocycles. The fourth-order valence-corrected chi connectivity index (χ4v) is 2.53. The van der Waals surface area contributed by atoms with Crippen LogP contribution in [0.5, 0.6) is 0 Å². The molecule has 1 N–H and O–H groups in total. The number of aromatic nitrogens is 3. The van der Waals surface area contributed by atoms with Crippen LogP contribution in [-0.2, 0) is 11.3 Å².